The van der Waals surface area contributed by atoms with E-state index in [0.29, 0.717) is 0 Å². The van der Waals surface area contributed by atoms with Gasteiger partial charge in [-0.25, -0.2) is 9.59 Å². The molecule has 1 aromatic carbocycles. The highest BCUT2D eigenvalue weighted by Crippen LogP contribution is 2.29. The molecule has 0 amide bonds. The second-order valence-corrected chi connectivity index (χ2v) is 6.07. The lowest BCUT2D eigenvalue weighted by Gasteiger charge is -2.12. The van der Waals surface area contributed by atoms with E-state index in [1.165, 1.54) is 11.1 Å². The summed E-state index contributed by atoms with van der Waals surface area (Å²) in [6, 6.07) is 12.3. The van der Waals surface area contributed by atoms with E-state index in [1.54, 1.807) is 6.20 Å². The molecule has 0 aliphatic carbocycles. The highest BCUT2D eigenvalue weighted by molar-refractivity contribution is 9.10. The third kappa shape index (κ3) is 7.28. The second kappa shape index (κ2) is 10.4. The Hall–Kier alpha value is -2.51. The lowest BCUT2D eigenvalue weighted by atomic mass is 9.99. The number of carbonyl (C=O) groups is 2. The largest absolute Gasteiger partial charge is 0.473 e. The van der Waals surface area contributed by atoms with Gasteiger partial charge in [-0.3, -0.25) is 4.98 Å². The number of halogens is 1. The first-order chi connectivity index (χ1) is 11.8. The Morgan fingerprint density at radius 1 is 1.12 bits per heavy atom. The molecule has 7 heteroatoms. The van der Waals surface area contributed by atoms with Gasteiger partial charge in [-0.05, 0) is 37.4 Å². The summed E-state index contributed by atoms with van der Waals surface area (Å²) in [7, 11) is 4.13. The highest BCUT2D eigenvalue weighted by atomic mass is 79.9. The third-order valence-corrected chi connectivity index (χ3v) is 3.67. The van der Waals surface area contributed by atoms with E-state index in [-0.39, 0.29) is 0 Å². The molecule has 1 aromatic heterocycles. The minimum atomic E-state index is -1.82. The van der Waals surface area contributed by atoms with E-state index < -0.39 is 11.9 Å². The van der Waals surface area contributed by atoms with Crippen LogP contribution in [0.3, 0.4) is 0 Å². The molecule has 0 aliphatic rings. The predicted molar refractivity (Wildman–Crippen MR) is 99.3 cm³/mol. The van der Waals surface area contributed by atoms with Crippen molar-refractivity contribution in [3.8, 4) is 0 Å². The fourth-order valence-corrected chi connectivity index (χ4v) is 2.36. The van der Waals surface area contributed by atoms with Gasteiger partial charge in [-0.1, -0.05) is 46.3 Å². The number of aliphatic carboxylic acids is 2. The monoisotopic (exact) mass is 406 g/mol. The first-order valence-electron chi connectivity index (χ1n) is 7.29. The van der Waals surface area contributed by atoms with E-state index in [2.05, 4.69) is 70.3 Å². The molecule has 0 atom stereocenters. The van der Waals surface area contributed by atoms with E-state index in [0.717, 1.165) is 16.6 Å². The van der Waals surface area contributed by atoms with Crippen LogP contribution in [-0.4, -0.2) is 52.7 Å². The van der Waals surface area contributed by atoms with Crippen molar-refractivity contribution in [1.29, 1.82) is 0 Å². The second-order valence-electron chi connectivity index (χ2n) is 5.21. The van der Waals surface area contributed by atoms with Gasteiger partial charge in [0.1, 0.15) is 0 Å². The van der Waals surface area contributed by atoms with Crippen LogP contribution >= 0.6 is 15.9 Å². The lowest BCUT2D eigenvalue weighted by molar-refractivity contribution is -0.159. The molecule has 6 nitrogen and oxygen atoms in total. The number of aromatic nitrogens is 1. The summed E-state index contributed by atoms with van der Waals surface area (Å²) in [5, 5.41) is 14.8. The van der Waals surface area contributed by atoms with Gasteiger partial charge in [0.2, 0.25) is 0 Å². The number of benzene rings is 1. The summed E-state index contributed by atoms with van der Waals surface area (Å²) < 4.78 is 1.10. The molecule has 25 heavy (non-hydrogen) atoms. The number of pyridine rings is 1. The Bertz CT molecular complexity index is 734. The Balaban J connectivity index is 0.000000450. The highest BCUT2D eigenvalue weighted by Gasteiger charge is 2.08. The molecule has 0 spiro atoms. The molecule has 0 saturated heterocycles. The zero-order valence-electron chi connectivity index (χ0n) is 13.9. The number of rotatable bonds is 4. The minimum Gasteiger partial charge on any atom is -0.473 e. The van der Waals surface area contributed by atoms with Crippen molar-refractivity contribution in [1.82, 2.24) is 9.88 Å². The fourth-order valence-electron chi connectivity index (χ4n) is 1.86. The predicted octanol–water partition coefficient (Wildman–Crippen LogP) is 2.99. The molecule has 132 valence electrons. The fraction of sp³-hybridized carbons (Fsp3) is 0.167. The quantitative estimate of drug-likeness (QED) is 0.758. The van der Waals surface area contributed by atoms with Crippen LogP contribution < -0.4 is 0 Å². The van der Waals surface area contributed by atoms with Crippen LogP contribution in [0.5, 0.6) is 0 Å². The molecule has 0 unspecified atom stereocenters. The van der Waals surface area contributed by atoms with Crippen LogP contribution in [0.4, 0.5) is 0 Å². The topological polar surface area (TPSA) is 90.7 Å². The van der Waals surface area contributed by atoms with Gasteiger partial charge in [-0.2, -0.15) is 0 Å². The number of likely N-dealkylation sites (N-methyl/N-ethyl adjacent to an activating group) is 1. The smallest absolute Gasteiger partial charge is 0.414 e. The van der Waals surface area contributed by atoms with E-state index in [4.69, 9.17) is 19.8 Å². The summed E-state index contributed by atoms with van der Waals surface area (Å²) in [6.45, 7) is 0.894. The average Bonchev–Trinajstić information content (AvgIpc) is 2.58. The number of nitrogens with zero attached hydrogens (tertiary/aromatic N) is 2. The summed E-state index contributed by atoms with van der Waals surface area (Å²) in [6.07, 6.45) is 5.94. The summed E-state index contributed by atoms with van der Waals surface area (Å²) in [4.78, 5) is 24.6. The molecule has 2 rings (SSSR count). The zero-order chi connectivity index (χ0) is 18.8. The van der Waals surface area contributed by atoms with Crippen LogP contribution in [0.15, 0.2) is 59.3 Å². The van der Waals surface area contributed by atoms with Crippen molar-refractivity contribution < 1.29 is 19.8 Å². The van der Waals surface area contributed by atoms with Gasteiger partial charge in [0.15, 0.2) is 0 Å². The van der Waals surface area contributed by atoms with Crippen LogP contribution in [0.1, 0.15) is 11.1 Å². The van der Waals surface area contributed by atoms with Crippen molar-refractivity contribution in [3.05, 3.63) is 70.5 Å². The van der Waals surface area contributed by atoms with Gasteiger partial charge in [0, 0.05) is 29.0 Å². The number of hydrogen-bond donors (Lipinski definition) is 2. The first kappa shape index (κ1) is 20.5. The maximum Gasteiger partial charge on any atom is 0.414 e. The molecule has 1 heterocycles. The lowest BCUT2D eigenvalue weighted by Crippen LogP contribution is -2.11. The summed E-state index contributed by atoms with van der Waals surface area (Å²) in [5.74, 6) is -3.65. The Kier molecular flexibility index (Phi) is 8.52. The molecule has 0 radical (unpaired) electrons. The minimum absolute atomic E-state index is 0.894. The van der Waals surface area contributed by atoms with Crippen LogP contribution in [0.2, 0.25) is 0 Å². The maximum atomic E-state index is 9.10. The Labute approximate surface area is 154 Å². The molecule has 0 fully saturated rings. The first-order valence-corrected chi connectivity index (χ1v) is 8.08. The molecular weight excluding hydrogens is 388 g/mol. The van der Waals surface area contributed by atoms with Gasteiger partial charge < -0.3 is 15.1 Å². The third-order valence-electron chi connectivity index (χ3n) is 2.98. The Morgan fingerprint density at radius 3 is 2.24 bits per heavy atom. The van der Waals surface area contributed by atoms with E-state index >= 15 is 0 Å². The Morgan fingerprint density at radius 2 is 1.76 bits per heavy atom. The molecule has 2 aromatic rings. The molecule has 0 aliphatic heterocycles. The van der Waals surface area contributed by atoms with Crippen LogP contribution in [0.25, 0.3) is 5.57 Å². The zero-order valence-corrected chi connectivity index (χ0v) is 15.5. The van der Waals surface area contributed by atoms with Crippen molar-refractivity contribution >= 4 is 33.4 Å². The summed E-state index contributed by atoms with van der Waals surface area (Å²) >= 11 is 3.63. The van der Waals surface area contributed by atoms with Gasteiger partial charge >= 0.3 is 11.9 Å². The van der Waals surface area contributed by atoms with Crippen LogP contribution in [-0.2, 0) is 9.59 Å². The van der Waals surface area contributed by atoms with E-state index in [9.17, 15) is 0 Å². The maximum absolute atomic E-state index is 9.10. The SMILES string of the molecule is CN(C)CC=C(c1cccnc1)c1ccccc1Br.O=C(O)C(=O)O. The van der Waals surface area contributed by atoms with E-state index in [1.807, 2.05) is 18.3 Å². The van der Waals surface area contributed by atoms with Crippen molar-refractivity contribution in [2.45, 2.75) is 0 Å². The average molecular weight is 407 g/mol. The number of hydrogen-bond acceptors (Lipinski definition) is 4. The standard InChI is InChI=1S/C16H17BrN2.C2H2O4/c1-19(2)11-9-14(13-6-5-10-18-12-13)15-7-3-4-8-16(15)17;3-1(4)2(5)6/h3-10,12H,11H2,1-2H3;(H,3,4)(H,5,6). The van der Waals surface area contributed by atoms with Gasteiger partial charge in [0.25, 0.3) is 0 Å². The van der Waals surface area contributed by atoms with Crippen molar-refractivity contribution in [2.24, 2.45) is 0 Å². The number of carboxylic acid groups (broad SMARTS) is 2. The summed E-state index contributed by atoms with van der Waals surface area (Å²) in [5.41, 5.74) is 3.53. The van der Waals surface area contributed by atoms with Gasteiger partial charge in [-0.15, -0.1) is 0 Å². The van der Waals surface area contributed by atoms with Crippen molar-refractivity contribution in [3.63, 3.8) is 0 Å². The van der Waals surface area contributed by atoms with Crippen molar-refractivity contribution in [2.75, 3.05) is 20.6 Å². The molecule has 2 N–H and O–H groups in total. The molecular formula is C18H19BrN2O4. The molecule has 0 bridgehead atoms. The molecule has 0 saturated carbocycles. The normalized spacial score (nSPS) is 10.8. The number of carboxylic acids is 2. The van der Waals surface area contributed by atoms with Gasteiger partial charge in [0.05, 0.1) is 0 Å². The van der Waals surface area contributed by atoms with Crippen LogP contribution in [0, 0.1) is 0 Å².